The molecule has 2 aromatic carbocycles. The molecule has 2 aliphatic heterocycles. The maximum Gasteiger partial charge on any atom is 0.300 e. The number of aromatic nitrogens is 1. The molecular formula is C27H24N2O4. The van der Waals surface area contributed by atoms with Crippen molar-refractivity contribution in [2.45, 2.75) is 32.7 Å². The normalized spacial score (nSPS) is 19.3. The van der Waals surface area contributed by atoms with Crippen molar-refractivity contribution in [3.8, 4) is 5.75 Å². The van der Waals surface area contributed by atoms with Gasteiger partial charge in [-0.3, -0.25) is 19.5 Å². The van der Waals surface area contributed by atoms with E-state index in [0.717, 1.165) is 35.3 Å². The zero-order chi connectivity index (χ0) is 23.1. The number of aliphatic hydroxyl groups excluding tert-OH is 1. The average Bonchev–Trinajstić information content (AvgIpc) is 3.11. The van der Waals surface area contributed by atoms with Gasteiger partial charge in [-0.15, -0.1) is 0 Å². The summed E-state index contributed by atoms with van der Waals surface area (Å²) in [7, 11) is 0. The number of aryl methyl sites for hydroxylation is 3. The van der Waals surface area contributed by atoms with Gasteiger partial charge < -0.3 is 9.84 Å². The summed E-state index contributed by atoms with van der Waals surface area (Å²) in [5.41, 5.74) is 4.96. The molecule has 0 saturated carbocycles. The summed E-state index contributed by atoms with van der Waals surface area (Å²) >= 11 is 0. The van der Waals surface area contributed by atoms with Gasteiger partial charge >= 0.3 is 0 Å². The number of ether oxygens (including phenoxy) is 1. The lowest BCUT2D eigenvalue weighted by molar-refractivity contribution is -0.132. The lowest BCUT2D eigenvalue weighted by atomic mass is 9.94. The van der Waals surface area contributed by atoms with Crippen molar-refractivity contribution in [2.75, 3.05) is 11.5 Å². The lowest BCUT2D eigenvalue weighted by Gasteiger charge is -2.26. The van der Waals surface area contributed by atoms with Crippen molar-refractivity contribution in [3.05, 3.63) is 94.3 Å². The van der Waals surface area contributed by atoms with Crippen molar-refractivity contribution in [1.82, 2.24) is 4.98 Å². The number of fused-ring (bicyclic) bond motifs is 1. The van der Waals surface area contributed by atoms with Gasteiger partial charge in [0.2, 0.25) is 0 Å². The minimum Gasteiger partial charge on any atom is -0.507 e. The fourth-order valence-electron chi connectivity index (χ4n) is 4.50. The summed E-state index contributed by atoms with van der Waals surface area (Å²) in [6, 6.07) is 13.8. The molecule has 0 aliphatic carbocycles. The largest absolute Gasteiger partial charge is 0.507 e. The molecule has 0 radical (unpaired) electrons. The van der Waals surface area contributed by atoms with Crippen LogP contribution in [-0.2, 0) is 16.0 Å². The van der Waals surface area contributed by atoms with Crippen LogP contribution in [0.3, 0.4) is 0 Å². The van der Waals surface area contributed by atoms with Crippen molar-refractivity contribution >= 4 is 23.1 Å². The van der Waals surface area contributed by atoms with E-state index in [1.165, 1.54) is 4.90 Å². The smallest absolute Gasteiger partial charge is 0.300 e. The third-order valence-electron chi connectivity index (χ3n) is 6.42. The lowest BCUT2D eigenvalue weighted by Crippen LogP contribution is -2.29. The number of Topliss-reactive ketones (excluding diaryl/α,β-unsaturated/α-hetero) is 1. The number of aliphatic hydroxyl groups is 1. The van der Waals surface area contributed by atoms with Crippen molar-refractivity contribution < 1.29 is 19.4 Å². The Morgan fingerprint density at radius 3 is 2.58 bits per heavy atom. The highest BCUT2D eigenvalue weighted by molar-refractivity contribution is 6.51. The number of ketones is 1. The number of hydrogen-bond acceptors (Lipinski definition) is 5. The van der Waals surface area contributed by atoms with E-state index in [2.05, 4.69) is 4.98 Å². The molecule has 6 nitrogen and oxygen atoms in total. The zero-order valence-corrected chi connectivity index (χ0v) is 18.5. The molecule has 1 fully saturated rings. The van der Waals surface area contributed by atoms with Crippen LogP contribution in [-0.4, -0.2) is 28.4 Å². The summed E-state index contributed by atoms with van der Waals surface area (Å²) in [6.45, 7) is 4.63. The van der Waals surface area contributed by atoms with Gasteiger partial charge in [-0.1, -0.05) is 6.07 Å². The maximum absolute atomic E-state index is 13.3. The molecule has 1 aromatic heterocycles. The second kappa shape index (κ2) is 8.20. The Morgan fingerprint density at radius 2 is 1.82 bits per heavy atom. The Balaban J connectivity index is 1.69. The predicted octanol–water partition coefficient (Wildman–Crippen LogP) is 4.65. The van der Waals surface area contributed by atoms with Gasteiger partial charge in [-0.2, -0.15) is 0 Å². The number of hydrogen-bond donors (Lipinski definition) is 1. The van der Waals surface area contributed by atoms with Crippen molar-refractivity contribution in [1.29, 1.82) is 0 Å². The van der Waals surface area contributed by atoms with E-state index in [1.807, 2.05) is 44.2 Å². The number of anilines is 1. The maximum atomic E-state index is 13.3. The van der Waals surface area contributed by atoms with Crippen LogP contribution in [0.4, 0.5) is 5.69 Å². The van der Waals surface area contributed by atoms with E-state index >= 15 is 0 Å². The first kappa shape index (κ1) is 20.9. The Kier molecular flexibility index (Phi) is 5.21. The molecule has 1 saturated heterocycles. The molecule has 0 bridgehead atoms. The Hall–Kier alpha value is -3.93. The second-order valence-corrected chi connectivity index (χ2v) is 8.49. The number of carbonyl (C=O) groups excluding carboxylic acids is 2. The van der Waals surface area contributed by atoms with Gasteiger partial charge in [0.05, 0.1) is 18.2 Å². The topological polar surface area (TPSA) is 79.7 Å². The van der Waals surface area contributed by atoms with E-state index < -0.39 is 17.7 Å². The number of rotatable bonds is 3. The van der Waals surface area contributed by atoms with Crippen LogP contribution in [0.15, 0.2) is 66.5 Å². The molecule has 3 aromatic rings. The predicted molar refractivity (Wildman–Crippen MR) is 125 cm³/mol. The number of pyridine rings is 1. The molecule has 1 N–H and O–H groups in total. The molecule has 6 heteroatoms. The van der Waals surface area contributed by atoms with E-state index in [-0.39, 0.29) is 11.3 Å². The summed E-state index contributed by atoms with van der Waals surface area (Å²) in [4.78, 5) is 32.1. The van der Waals surface area contributed by atoms with E-state index in [9.17, 15) is 14.7 Å². The highest BCUT2D eigenvalue weighted by atomic mass is 16.5. The van der Waals surface area contributed by atoms with Crippen LogP contribution in [0.25, 0.3) is 5.76 Å². The van der Waals surface area contributed by atoms with Gasteiger partial charge in [-0.25, -0.2) is 0 Å². The Morgan fingerprint density at radius 1 is 1.03 bits per heavy atom. The van der Waals surface area contributed by atoms with Crippen LogP contribution >= 0.6 is 0 Å². The SMILES string of the molecule is Cc1ccc(N2C(=O)C(=O)/C(=C(\O)c3ccc4c(c3)CCCO4)C2c2ccncc2)cc1C. The molecule has 1 atom stereocenters. The van der Waals surface area contributed by atoms with Gasteiger partial charge in [-0.05, 0) is 91.4 Å². The second-order valence-electron chi connectivity index (χ2n) is 8.49. The van der Waals surface area contributed by atoms with Crippen LogP contribution < -0.4 is 9.64 Å². The summed E-state index contributed by atoms with van der Waals surface area (Å²) in [6.07, 6.45) is 4.96. The number of amides is 1. The molecule has 1 unspecified atom stereocenters. The van der Waals surface area contributed by atoms with Crippen molar-refractivity contribution in [3.63, 3.8) is 0 Å². The van der Waals surface area contributed by atoms with Gasteiger partial charge in [0, 0.05) is 23.6 Å². The molecule has 33 heavy (non-hydrogen) atoms. The monoisotopic (exact) mass is 440 g/mol. The molecule has 1 amide bonds. The van der Waals surface area contributed by atoms with Crippen LogP contribution in [0.2, 0.25) is 0 Å². The standard InChI is InChI=1S/C27H24N2O4/c1-16-5-7-21(14-17(16)2)29-24(18-9-11-28-12-10-18)23(26(31)27(29)32)25(30)20-6-8-22-19(15-20)4-3-13-33-22/h5-12,14-15,24,30H,3-4,13H2,1-2H3/b25-23-. The van der Waals surface area contributed by atoms with Crippen molar-refractivity contribution in [2.24, 2.45) is 0 Å². The first-order valence-electron chi connectivity index (χ1n) is 11.0. The highest BCUT2D eigenvalue weighted by Crippen LogP contribution is 2.42. The fourth-order valence-corrected chi connectivity index (χ4v) is 4.50. The molecule has 3 heterocycles. The first-order valence-corrected chi connectivity index (χ1v) is 11.0. The molecule has 0 spiro atoms. The summed E-state index contributed by atoms with van der Waals surface area (Å²) in [5.74, 6) is -0.765. The van der Waals surface area contributed by atoms with Crippen LogP contribution in [0, 0.1) is 13.8 Å². The molecule has 5 rings (SSSR count). The molecular weight excluding hydrogens is 416 g/mol. The Labute approximate surface area is 192 Å². The quantitative estimate of drug-likeness (QED) is 0.364. The van der Waals surface area contributed by atoms with Crippen LogP contribution in [0.1, 0.15) is 40.3 Å². The average molecular weight is 440 g/mol. The summed E-state index contributed by atoms with van der Waals surface area (Å²) < 4.78 is 5.67. The van der Waals surface area contributed by atoms with E-state index in [1.54, 1.807) is 30.6 Å². The minimum atomic E-state index is -0.762. The van der Waals surface area contributed by atoms with Gasteiger partial charge in [0.15, 0.2) is 0 Å². The number of benzene rings is 2. The first-order chi connectivity index (χ1) is 16.0. The third kappa shape index (κ3) is 3.57. The van der Waals surface area contributed by atoms with Gasteiger partial charge in [0.1, 0.15) is 11.5 Å². The number of nitrogens with zero attached hydrogens (tertiary/aromatic N) is 2. The fraction of sp³-hybridized carbons (Fsp3) is 0.222. The van der Waals surface area contributed by atoms with Crippen LogP contribution in [0.5, 0.6) is 5.75 Å². The van der Waals surface area contributed by atoms with E-state index in [4.69, 9.17) is 4.74 Å². The zero-order valence-electron chi connectivity index (χ0n) is 18.5. The Bertz CT molecular complexity index is 1300. The molecule has 166 valence electrons. The van der Waals surface area contributed by atoms with E-state index in [0.29, 0.717) is 23.4 Å². The minimum absolute atomic E-state index is 0.0705. The van der Waals surface area contributed by atoms with Gasteiger partial charge in [0.25, 0.3) is 11.7 Å². The third-order valence-corrected chi connectivity index (χ3v) is 6.42. The molecule has 2 aliphatic rings. The number of carbonyl (C=O) groups is 2. The highest BCUT2D eigenvalue weighted by Gasteiger charge is 2.47. The summed E-state index contributed by atoms with van der Waals surface area (Å²) in [5, 5.41) is 11.3.